The monoisotopic (exact) mass is 1560 g/mol. The molecular weight excluding hydrogens is 1440 g/mol. The lowest BCUT2D eigenvalue weighted by atomic mass is 9.74. The molecule has 4 saturated carbocycles. The molecule has 8 rings (SSSR count). The maximum atomic E-state index is 15.7. The summed E-state index contributed by atoms with van der Waals surface area (Å²) in [5.41, 5.74) is -1.77. The number of ether oxygens (including phenoxy) is 1. The maximum Gasteiger partial charge on any atom is 0.397 e. The Hall–Kier alpha value is -7.00. The number of rotatable bonds is 11. The molecule has 8 fully saturated rings. The summed E-state index contributed by atoms with van der Waals surface area (Å²) in [6, 6.07) is -11.8. The molecule has 12 amide bonds. The van der Waals surface area contributed by atoms with Crippen molar-refractivity contribution in [2.24, 2.45) is 41.4 Å². The van der Waals surface area contributed by atoms with E-state index in [4.69, 9.17) is 4.74 Å². The normalized spacial score (nSPS) is 32.5. The lowest BCUT2D eigenvalue weighted by Crippen LogP contribution is -2.69. The van der Waals surface area contributed by atoms with Crippen molar-refractivity contribution in [2.45, 2.75) is 266 Å². The highest BCUT2D eigenvalue weighted by Gasteiger charge is 2.57. The molecule has 4 heterocycles. The number of nitrogens with zero attached hydrogens (tertiary/aromatic N) is 9. The number of hydrogen-bond acceptors (Lipinski definition) is 14. The second-order valence-electron chi connectivity index (χ2n) is 32.7. The highest BCUT2D eigenvalue weighted by molar-refractivity contribution is 6.01. The van der Waals surface area contributed by atoms with Gasteiger partial charge in [-0.3, -0.25) is 57.5 Å². The fourth-order valence-corrected chi connectivity index (χ4v) is 17.7. The zero-order chi connectivity index (χ0) is 80.5. The van der Waals surface area contributed by atoms with Crippen LogP contribution in [-0.4, -0.2) is 300 Å². The number of hydrogen-bond donors (Lipinski definition) is 4. The van der Waals surface area contributed by atoms with Crippen LogP contribution in [0.5, 0.6) is 0 Å². The number of aliphatic hydroxyl groups excluding tert-OH is 1. The van der Waals surface area contributed by atoms with Gasteiger partial charge in [0.25, 0.3) is 0 Å². The van der Waals surface area contributed by atoms with Gasteiger partial charge in [-0.25, -0.2) is 8.78 Å². The van der Waals surface area contributed by atoms with Crippen molar-refractivity contribution in [3.05, 3.63) is 0 Å². The molecule has 1 spiro atoms. The minimum Gasteiger partial charge on any atom is -0.390 e. The molecule has 12 atom stereocenters. The quantitative estimate of drug-likeness (QED) is 0.191. The molecule has 3 unspecified atom stereocenters. The Labute approximate surface area is 633 Å². The van der Waals surface area contributed by atoms with Gasteiger partial charge in [0.1, 0.15) is 72.1 Å². The summed E-state index contributed by atoms with van der Waals surface area (Å²) >= 11 is 0. The van der Waals surface area contributed by atoms with Gasteiger partial charge in [-0.2, -0.15) is 26.3 Å². The first-order valence-corrected chi connectivity index (χ1v) is 39.3. The van der Waals surface area contributed by atoms with E-state index in [1.807, 2.05) is 13.8 Å². The number of carbonyl (C=O) groups excluding carboxylic acids is 12. The topological polar surface area (TPSA) is 300 Å². The molecule has 616 valence electrons. The maximum absolute atomic E-state index is 15.7. The minimum atomic E-state index is -5.23. The zero-order valence-corrected chi connectivity index (χ0v) is 64.8. The molecule has 4 aliphatic carbocycles. The summed E-state index contributed by atoms with van der Waals surface area (Å²) in [7, 11) is 8.00. The second kappa shape index (κ2) is 37.6. The SMILES string of the molecule is CC[C@H](C)[C@@H]1NC(=O)[C@H](CC(C)C)N(C)C(=O)CC(C(=O)N2CCOCC2)N(C)C(=O)[C@H](C2CCCC2)N(C)C(=O)C2(CCC2)NC(=O)[C@@H]2[C@H](O)CCN2C(=O)[C@H](CCC2CC(F)C(C(F)(F)F)C(F)C2)NC(=O)CN(C)C(=O)[C@H](CC2CCC(C(F)(F)F)CC2)N2CCCCC[C@@H](C2=O)N(C)C(=O)CN(C)C1=O. The molecule has 109 heavy (non-hydrogen) atoms. The van der Waals surface area contributed by atoms with Gasteiger partial charge in [0.15, 0.2) is 0 Å². The molecule has 2 bridgehead atoms. The Kier molecular flexibility index (Phi) is 30.2. The van der Waals surface area contributed by atoms with Gasteiger partial charge in [-0.15, -0.1) is 0 Å². The summed E-state index contributed by atoms with van der Waals surface area (Å²) in [5, 5.41) is 20.0. The third kappa shape index (κ3) is 21.0. The first-order valence-electron chi connectivity index (χ1n) is 39.3. The highest BCUT2D eigenvalue weighted by atomic mass is 19.4. The first kappa shape index (κ1) is 87.6. The van der Waals surface area contributed by atoms with Gasteiger partial charge in [0.05, 0.1) is 44.7 Å². The van der Waals surface area contributed by atoms with Crippen molar-refractivity contribution >= 4 is 70.9 Å². The number of morpholine rings is 1. The third-order valence-corrected chi connectivity index (χ3v) is 24.8. The first-order chi connectivity index (χ1) is 51.2. The van der Waals surface area contributed by atoms with Crippen LogP contribution in [0.25, 0.3) is 0 Å². The molecule has 8 aliphatic rings. The standard InChI is InChI=1S/C75H116F8N12O14/c1-11-44(4)61-70(106)88(6)42-59(99)89(7)52-20-13-12-16-30-94(69(52)105)55(39-45-21-24-48(25-22-45)74(78,79)80)67(103)87(5)41-57(97)84-51(26-23-46-37-49(76)60(50(77)38-46)75(81,82)83)66(102)95-31-27-56(96)63(95)65(101)86-73(28-17-29-73)72(108)92(10)62(47-18-14-15-19-47)71(107)91(9)54(68(104)93-32-34-109-35-33-93)40-58(98)90(8)53(36-43(2)3)64(100)85-61/h43-56,60-63,96H,11-42H2,1-10H3,(H,84,97)(H,85,100)(H,86,101)/t44-,45?,46?,48?,49?,50?,51-,52-,53-,54?,55-,56+,60?,61-,62-,63-/m0/s1. The molecule has 4 aliphatic heterocycles. The largest absolute Gasteiger partial charge is 0.397 e. The van der Waals surface area contributed by atoms with E-state index in [0.717, 1.165) is 24.5 Å². The van der Waals surface area contributed by atoms with Crippen molar-refractivity contribution in [1.29, 1.82) is 0 Å². The van der Waals surface area contributed by atoms with Gasteiger partial charge in [0.2, 0.25) is 70.9 Å². The van der Waals surface area contributed by atoms with E-state index in [1.165, 1.54) is 61.9 Å². The van der Waals surface area contributed by atoms with E-state index in [9.17, 15) is 50.6 Å². The van der Waals surface area contributed by atoms with E-state index < -0.39 is 230 Å². The van der Waals surface area contributed by atoms with Gasteiger partial charge in [-0.1, -0.05) is 59.8 Å². The Bertz CT molecular complexity index is 3230. The van der Waals surface area contributed by atoms with Crippen LogP contribution in [0.2, 0.25) is 0 Å². The van der Waals surface area contributed by atoms with Crippen LogP contribution in [0.1, 0.15) is 182 Å². The summed E-state index contributed by atoms with van der Waals surface area (Å²) < 4.78 is 121. The number of nitrogens with one attached hydrogen (secondary N) is 3. The molecule has 0 aromatic heterocycles. The Morgan fingerprint density at radius 3 is 1.78 bits per heavy atom. The van der Waals surface area contributed by atoms with Crippen LogP contribution in [0.3, 0.4) is 0 Å². The van der Waals surface area contributed by atoms with Gasteiger partial charge >= 0.3 is 12.4 Å². The van der Waals surface area contributed by atoms with Gasteiger partial charge in [0, 0.05) is 68.5 Å². The number of carbonyl (C=O) groups is 12. The van der Waals surface area contributed by atoms with Crippen LogP contribution in [0.4, 0.5) is 35.1 Å². The molecule has 4 N–H and O–H groups in total. The number of fused-ring (bicyclic) bond motifs is 3. The smallest absolute Gasteiger partial charge is 0.390 e. The predicted octanol–water partition coefficient (Wildman–Crippen LogP) is 5.30. The number of likely N-dealkylation sites (N-methyl/N-ethyl adjacent to an activating group) is 6. The molecule has 0 aromatic rings. The average Bonchev–Trinajstić information content (AvgIpc) is 1.75. The van der Waals surface area contributed by atoms with Crippen molar-refractivity contribution in [3.63, 3.8) is 0 Å². The molecule has 0 aromatic carbocycles. The summed E-state index contributed by atoms with van der Waals surface area (Å²) in [5.74, 6) is -17.4. The predicted molar refractivity (Wildman–Crippen MR) is 380 cm³/mol. The number of alkyl halides is 8. The van der Waals surface area contributed by atoms with E-state index in [-0.39, 0.29) is 116 Å². The van der Waals surface area contributed by atoms with Crippen LogP contribution in [0, 0.1) is 41.4 Å². The zero-order valence-electron chi connectivity index (χ0n) is 64.8. The molecule has 0 radical (unpaired) electrons. The van der Waals surface area contributed by atoms with E-state index in [2.05, 4.69) is 16.0 Å². The Balaban J connectivity index is 1.20. The molecule has 26 nitrogen and oxygen atoms in total. The van der Waals surface area contributed by atoms with Crippen LogP contribution < -0.4 is 16.0 Å². The highest BCUT2D eigenvalue weighted by Crippen LogP contribution is 2.46. The van der Waals surface area contributed by atoms with Crippen LogP contribution in [0.15, 0.2) is 0 Å². The van der Waals surface area contributed by atoms with Gasteiger partial charge < -0.3 is 69.9 Å². The Morgan fingerprint density at radius 2 is 1.20 bits per heavy atom. The summed E-state index contributed by atoms with van der Waals surface area (Å²) in [6.45, 7) is 5.61. The van der Waals surface area contributed by atoms with Crippen molar-refractivity contribution in [2.75, 3.05) is 94.8 Å². The van der Waals surface area contributed by atoms with E-state index in [1.54, 1.807) is 13.8 Å². The lowest BCUT2D eigenvalue weighted by Gasteiger charge is -2.47. The minimum absolute atomic E-state index is 0.00178. The number of amides is 12. The Morgan fingerprint density at radius 1 is 0.587 bits per heavy atom. The van der Waals surface area contributed by atoms with Crippen LogP contribution >= 0.6 is 0 Å². The van der Waals surface area contributed by atoms with E-state index >= 15 is 47.1 Å². The summed E-state index contributed by atoms with van der Waals surface area (Å²) in [6.07, 6.45) is -16.6. The van der Waals surface area contributed by atoms with Gasteiger partial charge in [-0.05, 0) is 145 Å². The lowest BCUT2D eigenvalue weighted by molar-refractivity contribution is -0.219. The van der Waals surface area contributed by atoms with Crippen molar-refractivity contribution < 1.29 is 103 Å². The average molecular weight is 1560 g/mol. The fraction of sp³-hybridized carbons (Fsp3) is 0.840. The van der Waals surface area contributed by atoms with E-state index in [0.29, 0.717) is 57.8 Å². The number of halogens is 8. The fourth-order valence-electron chi connectivity index (χ4n) is 17.7. The summed E-state index contributed by atoms with van der Waals surface area (Å²) in [4.78, 5) is 192. The van der Waals surface area contributed by atoms with Crippen molar-refractivity contribution in [3.8, 4) is 0 Å². The molecular formula is C75H116F8N12O14. The molecule has 4 saturated heterocycles. The van der Waals surface area contributed by atoms with Crippen molar-refractivity contribution in [1.82, 2.24) is 60.0 Å². The second-order valence-corrected chi connectivity index (χ2v) is 32.7. The molecule has 34 heteroatoms. The number of aliphatic hydroxyl groups is 1. The third-order valence-electron chi connectivity index (χ3n) is 24.8. The van der Waals surface area contributed by atoms with Crippen LogP contribution in [-0.2, 0) is 62.3 Å².